The van der Waals surface area contributed by atoms with Gasteiger partial charge in [-0.1, -0.05) is 18.6 Å². The fourth-order valence-electron chi connectivity index (χ4n) is 1.93. The van der Waals surface area contributed by atoms with Crippen LogP contribution in [0.15, 0.2) is 34.2 Å². The van der Waals surface area contributed by atoms with Crippen LogP contribution in [0.25, 0.3) is 0 Å². The average Bonchev–Trinajstić information content (AvgIpc) is 2.58. The van der Waals surface area contributed by atoms with Crippen LogP contribution in [0.2, 0.25) is 0 Å². The van der Waals surface area contributed by atoms with Crippen LogP contribution in [0.4, 0.5) is 0 Å². The van der Waals surface area contributed by atoms with Crippen LogP contribution in [0.3, 0.4) is 0 Å². The largest absolute Gasteiger partial charge is 0.289 e. The van der Waals surface area contributed by atoms with Gasteiger partial charge >= 0.3 is 0 Å². The summed E-state index contributed by atoms with van der Waals surface area (Å²) in [5, 5.41) is 0. The number of hydrogen-bond donors (Lipinski definition) is 0. The van der Waals surface area contributed by atoms with E-state index in [0.717, 1.165) is 6.42 Å². The predicted molar refractivity (Wildman–Crippen MR) is 67.9 cm³/mol. The molecule has 0 N–H and O–H groups in total. The minimum absolute atomic E-state index is 0.406. The first-order valence-corrected chi connectivity index (χ1v) is 6.78. The third kappa shape index (κ3) is 2.85. The van der Waals surface area contributed by atoms with Crippen molar-refractivity contribution in [3.8, 4) is 0 Å². The van der Waals surface area contributed by atoms with Gasteiger partial charge in [0.05, 0.1) is 6.04 Å². The van der Waals surface area contributed by atoms with E-state index in [1.807, 2.05) is 0 Å². The summed E-state index contributed by atoms with van der Waals surface area (Å²) in [6.07, 6.45) is 9.16. The third-order valence-corrected chi connectivity index (χ3v) is 3.59. The molecule has 0 fully saturated rings. The Morgan fingerprint density at radius 2 is 2.00 bits per heavy atom. The number of nitrogens with zero attached hydrogens (tertiary/aromatic N) is 1. The molecule has 0 saturated carbocycles. The Labute approximate surface area is 96.0 Å². The molecule has 1 aromatic carbocycles. The minimum Gasteiger partial charge on any atom is -0.289 e. The zero-order valence-electron chi connectivity index (χ0n) is 9.15. The van der Waals surface area contributed by atoms with E-state index in [0.29, 0.717) is 6.04 Å². The molecule has 2 heteroatoms. The van der Waals surface area contributed by atoms with Gasteiger partial charge in [0.25, 0.3) is 0 Å². The van der Waals surface area contributed by atoms with Crippen molar-refractivity contribution in [1.82, 2.24) is 0 Å². The van der Waals surface area contributed by atoms with Crippen LogP contribution < -0.4 is 0 Å². The summed E-state index contributed by atoms with van der Waals surface area (Å²) in [6, 6.07) is 9.24. The van der Waals surface area contributed by atoms with E-state index < -0.39 is 0 Å². The maximum absolute atomic E-state index is 4.62. The maximum atomic E-state index is 4.62. The highest BCUT2D eigenvalue weighted by atomic mass is 32.2. The zero-order chi connectivity index (χ0) is 10.5. The van der Waals surface area contributed by atoms with E-state index in [9.17, 15) is 0 Å². The van der Waals surface area contributed by atoms with Crippen LogP contribution in [-0.2, 0) is 0 Å². The lowest BCUT2D eigenvalue weighted by Crippen LogP contribution is -1.93. The SMILES string of the molecule is CSc1ccc(C2CCCCC=N2)cc1. The Bertz CT molecular complexity index is 329. The van der Waals surface area contributed by atoms with E-state index >= 15 is 0 Å². The predicted octanol–water partition coefficient (Wildman–Crippen LogP) is 4.09. The van der Waals surface area contributed by atoms with Crippen molar-refractivity contribution in [1.29, 1.82) is 0 Å². The van der Waals surface area contributed by atoms with Gasteiger partial charge in [-0.25, -0.2) is 0 Å². The summed E-state index contributed by atoms with van der Waals surface area (Å²) in [6.45, 7) is 0. The Hall–Kier alpha value is -0.760. The fourth-order valence-corrected chi connectivity index (χ4v) is 2.34. The summed E-state index contributed by atoms with van der Waals surface area (Å²) in [7, 11) is 0. The molecule has 1 aliphatic heterocycles. The van der Waals surface area contributed by atoms with Crippen molar-refractivity contribution in [2.75, 3.05) is 6.26 Å². The van der Waals surface area contributed by atoms with E-state index in [4.69, 9.17) is 0 Å². The maximum Gasteiger partial charge on any atom is 0.0745 e. The molecular weight excluding hydrogens is 202 g/mol. The summed E-state index contributed by atoms with van der Waals surface area (Å²) in [5.41, 5.74) is 1.37. The topological polar surface area (TPSA) is 12.4 Å². The Kier molecular flexibility index (Phi) is 3.84. The molecule has 1 unspecified atom stereocenters. The fraction of sp³-hybridized carbons (Fsp3) is 0.462. The first kappa shape index (κ1) is 10.7. The van der Waals surface area contributed by atoms with Crippen molar-refractivity contribution in [3.63, 3.8) is 0 Å². The molecule has 1 nitrogen and oxygen atoms in total. The molecule has 0 saturated heterocycles. The van der Waals surface area contributed by atoms with Gasteiger partial charge in [-0.15, -0.1) is 11.8 Å². The van der Waals surface area contributed by atoms with Crippen LogP contribution in [0.1, 0.15) is 37.3 Å². The van der Waals surface area contributed by atoms with Crippen LogP contribution in [-0.4, -0.2) is 12.5 Å². The molecule has 1 aromatic rings. The van der Waals surface area contributed by atoms with Crippen molar-refractivity contribution < 1.29 is 0 Å². The first-order chi connectivity index (χ1) is 7.40. The molecule has 0 spiro atoms. The van der Waals surface area contributed by atoms with E-state index in [-0.39, 0.29) is 0 Å². The summed E-state index contributed by atoms with van der Waals surface area (Å²) >= 11 is 1.79. The number of aliphatic imine (C=N–C) groups is 1. The Morgan fingerprint density at radius 1 is 1.20 bits per heavy atom. The van der Waals surface area contributed by atoms with Gasteiger partial charge in [-0.2, -0.15) is 0 Å². The number of benzene rings is 1. The van der Waals surface area contributed by atoms with E-state index in [1.54, 1.807) is 11.8 Å². The third-order valence-electron chi connectivity index (χ3n) is 2.85. The molecule has 15 heavy (non-hydrogen) atoms. The van der Waals surface area contributed by atoms with Crippen LogP contribution in [0, 0.1) is 0 Å². The Morgan fingerprint density at radius 3 is 2.73 bits per heavy atom. The van der Waals surface area contributed by atoms with E-state index in [1.165, 1.54) is 29.7 Å². The van der Waals surface area contributed by atoms with Crippen molar-refractivity contribution in [3.05, 3.63) is 29.8 Å². The van der Waals surface area contributed by atoms with Crippen molar-refractivity contribution in [2.45, 2.75) is 36.6 Å². The van der Waals surface area contributed by atoms with Gasteiger partial charge in [0.1, 0.15) is 0 Å². The molecule has 0 amide bonds. The first-order valence-electron chi connectivity index (χ1n) is 5.56. The second kappa shape index (κ2) is 5.36. The smallest absolute Gasteiger partial charge is 0.0745 e. The van der Waals surface area contributed by atoms with Gasteiger partial charge in [-0.05, 0) is 49.4 Å². The molecule has 2 rings (SSSR count). The highest BCUT2D eigenvalue weighted by molar-refractivity contribution is 7.98. The van der Waals surface area contributed by atoms with E-state index in [2.05, 4.69) is 41.7 Å². The molecule has 1 aliphatic rings. The molecule has 80 valence electrons. The minimum atomic E-state index is 0.406. The standard InChI is InChI=1S/C13H17NS/c1-15-12-8-6-11(7-9-12)13-5-3-2-4-10-14-13/h6-10,13H,2-5H2,1H3. The summed E-state index contributed by atoms with van der Waals surface area (Å²) < 4.78 is 0. The summed E-state index contributed by atoms with van der Waals surface area (Å²) in [5.74, 6) is 0. The van der Waals surface area contributed by atoms with Crippen LogP contribution in [0.5, 0.6) is 0 Å². The monoisotopic (exact) mass is 219 g/mol. The molecule has 1 heterocycles. The van der Waals surface area contributed by atoms with Gasteiger partial charge in [0, 0.05) is 4.90 Å². The molecule has 1 atom stereocenters. The highest BCUT2D eigenvalue weighted by Gasteiger charge is 2.10. The highest BCUT2D eigenvalue weighted by Crippen LogP contribution is 2.27. The van der Waals surface area contributed by atoms with Crippen LogP contribution >= 0.6 is 11.8 Å². The number of hydrogen-bond acceptors (Lipinski definition) is 2. The quantitative estimate of drug-likeness (QED) is 0.682. The summed E-state index contributed by atoms with van der Waals surface area (Å²) in [4.78, 5) is 5.95. The zero-order valence-corrected chi connectivity index (χ0v) is 9.96. The molecule has 0 aromatic heterocycles. The lowest BCUT2D eigenvalue weighted by molar-refractivity contribution is 0.618. The Balaban J connectivity index is 2.13. The lowest BCUT2D eigenvalue weighted by atomic mass is 10.0. The molecule has 0 bridgehead atoms. The molecule has 0 radical (unpaired) electrons. The number of rotatable bonds is 2. The van der Waals surface area contributed by atoms with Gasteiger partial charge < -0.3 is 0 Å². The molecule has 0 aliphatic carbocycles. The average molecular weight is 219 g/mol. The second-order valence-corrected chi connectivity index (χ2v) is 4.78. The molecular formula is C13H17NS. The second-order valence-electron chi connectivity index (χ2n) is 3.91. The van der Waals surface area contributed by atoms with Crippen molar-refractivity contribution >= 4 is 18.0 Å². The van der Waals surface area contributed by atoms with Crippen molar-refractivity contribution in [2.24, 2.45) is 4.99 Å². The van der Waals surface area contributed by atoms with Gasteiger partial charge in [0.2, 0.25) is 0 Å². The number of thioether (sulfide) groups is 1. The normalized spacial score (nSPS) is 21.3. The van der Waals surface area contributed by atoms with Gasteiger partial charge in [0.15, 0.2) is 0 Å². The van der Waals surface area contributed by atoms with Gasteiger partial charge in [-0.3, -0.25) is 4.99 Å². The lowest BCUT2D eigenvalue weighted by Gasteiger charge is -2.10.